The Hall–Kier alpha value is -3.12. The number of nitrogens with zero attached hydrogens (tertiary/aromatic N) is 3. The van der Waals surface area contributed by atoms with Crippen molar-refractivity contribution in [3.05, 3.63) is 77.1 Å². The quantitative estimate of drug-likeness (QED) is 0.572. The molecule has 1 amide bonds. The lowest BCUT2D eigenvalue weighted by molar-refractivity contribution is 0.0507. The fourth-order valence-electron chi connectivity index (χ4n) is 4.06. The van der Waals surface area contributed by atoms with Crippen LogP contribution in [0.25, 0.3) is 5.69 Å². The van der Waals surface area contributed by atoms with Gasteiger partial charge in [-0.3, -0.25) is 4.79 Å². The highest BCUT2D eigenvalue weighted by Crippen LogP contribution is 2.20. The maximum Gasteiger partial charge on any atom is 0.254 e. The van der Waals surface area contributed by atoms with Gasteiger partial charge in [-0.05, 0) is 74.7 Å². The van der Waals surface area contributed by atoms with Crippen molar-refractivity contribution >= 4 is 5.91 Å². The molecular weight excluding hydrogens is 390 g/mol. The number of hydrogen-bond acceptors (Lipinski definition) is 4. The van der Waals surface area contributed by atoms with Gasteiger partial charge in [0.25, 0.3) is 5.91 Å². The fraction of sp³-hybridized carbons (Fsp3) is 0.360. The monoisotopic (exact) mass is 419 g/mol. The van der Waals surface area contributed by atoms with Crippen LogP contribution in [0.4, 0.5) is 0 Å². The van der Waals surface area contributed by atoms with Crippen molar-refractivity contribution in [2.24, 2.45) is 0 Å². The molecule has 6 heteroatoms. The molecule has 1 fully saturated rings. The first-order chi connectivity index (χ1) is 15.0. The molecule has 1 aliphatic rings. The molecule has 31 heavy (non-hydrogen) atoms. The third-order valence-corrected chi connectivity index (χ3v) is 5.61. The van der Waals surface area contributed by atoms with Crippen molar-refractivity contribution in [2.75, 3.05) is 20.3 Å². The van der Waals surface area contributed by atoms with Gasteiger partial charge in [0.2, 0.25) is 0 Å². The number of carbonyl (C=O) groups is 1. The minimum atomic E-state index is -0.00163. The summed E-state index contributed by atoms with van der Waals surface area (Å²) in [5, 5.41) is 4.52. The summed E-state index contributed by atoms with van der Waals surface area (Å²) in [5.74, 6) is 0.787. The standard InChI is InChI=1S/C25H29N3O3/c1-18-14-19(2)28(26-18)22-11-9-21(10-12-22)25(29)27(17-24-8-5-13-31-24)16-20-6-4-7-23(15-20)30-3/h4,6-7,9-12,14-15,24H,5,8,13,16-17H2,1-3H3/t24-/m1/s1. The minimum Gasteiger partial charge on any atom is -0.497 e. The number of carbonyl (C=O) groups excluding carboxylic acids is 1. The summed E-state index contributed by atoms with van der Waals surface area (Å²) in [6, 6.07) is 17.5. The zero-order chi connectivity index (χ0) is 21.8. The van der Waals surface area contributed by atoms with Crippen LogP contribution in [0.1, 0.15) is 40.2 Å². The van der Waals surface area contributed by atoms with E-state index >= 15 is 0 Å². The molecular formula is C25H29N3O3. The van der Waals surface area contributed by atoms with Crippen LogP contribution >= 0.6 is 0 Å². The Morgan fingerprint density at radius 3 is 2.65 bits per heavy atom. The molecule has 1 atom stereocenters. The van der Waals surface area contributed by atoms with Crippen LogP contribution < -0.4 is 4.74 Å². The van der Waals surface area contributed by atoms with Crippen molar-refractivity contribution in [1.29, 1.82) is 0 Å². The Bertz CT molecular complexity index is 1040. The normalized spacial score (nSPS) is 15.8. The van der Waals surface area contributed by atoms with Crippen molar-refractivity contribution < 1.29 is 14.3 Å². The van der Waals surface area contributed by atoms with E-state index in [0.29, 0.717) is 18.7 Å². The van der Waals surface area contributed by atoms with E-state index in [1.165, 1.54) is 0 Å². The average Bonchev–Trinajstić information content (AvgIpc) is 3.42. The van der Waals surface area contributed by atoms with Gasteiger partial charge in [-0.15, -0.1) is 0 Å². The smallest absolute Gasteiger partial charge is 0.254 e. The topological polar surface area (TPSA) is 56.6 Å². The van der Waals surface area contributed by atoms with Gasteiger partial charge in [0, 0.05) is 31.0 Å². The Balaban J connectivity index is 1.56. The Morgan fingerprint density at radius 1 is 1.19 bits per heavy atom. The molecule has 1 saturated heterocycles. The van der Waals surface area contributed by atoms with Gasteiger partial charge < -0.3 is 14.4 Å². The summed E-state index contributed by atoms with van der Waals surface area (Å²) in [5.41, 5.74) is 4.67. The third-order valence-electron chi connectivity index (χ3n) is 5.61. The first kappa shape index (κ1) is 21.1. The van der Waals surface area contributed by atoms with Gasteiger partial charge in [-0.2, -0.15) is 5.10 Å². The lowest BCUT2D eigenvalue weighted by atomic mass is 10.1. The second-order valence-corrected chi connectivity index (χ2v) is 8.06. The molecule has 2 heterocycles. The van der Waals surface area contributed by atoms with E-state index in [2.05, 4.69) is 5.10 Å². The van der Waals surface area contributed by atoms with Crippen LogP contribution in [0.15, 0.2) is 54.6 Å². The molecule has 1 aliphatic heterocycles. The molecule has 1 aromatic heterocycles. The number of ether oxygens (including phenoxy) is 2. The second kappa shape index (κ2) is 9.35. The van der Waals surface area contributed by atoms with E-state index in [9.17, 15) is 4.79 Å². The number of amides is 1. The Kier molecular flexibility index (Phi) is 6.37. The average molecular weight is 420 g/mol. The molecule has 4 rings (SSSR count). The van der Waals surface area contributed by atoms with Crippen molar-refractivity contribution in [2.45, 2.75) is 39.3 Å². The maximum atomic E-state index is 13.4. The highest BCUT2D eigenvalue weighted by Gasteiger charge is 2.24. The van der Waals surface area contributed by atoms with Crippen LogP contribution in [0.5, 0.6) is 5.75 Å². The lowest BCUT2D eigenvalue weighted by Gasteiger charge is -2.26. The summed E-state index contributed by atoms with van der Waals surface area (Å²) in [6.45, 7) is 5.85. The third kappa shape index (κ3) is 4.97. The fourth-order valence-corrected chi connectivity index (χ4v) is 4.06. The van der Waals surface area contributed by atoms with Crippen LogP contribution in [0.3, 0.4) is 0 Å². The van der Waals surface area contributed by atoms with Gasteiger partial charge in [-0.25, -0.2) is 4.68 Å². The molecule has 0 spiro atoms. The number of aromatic nitrogens is 2. The molecule has 0 radical (unpaired) electrons. The number of rotatable bonds is 7. The first-order valence-electron chi connectivity index (χ1n) is 10.7. The largest absolute Gasteiger partial charge is 0.497 e. The van der Waals surface area contributed by atoms with E-state index in [0.717, 1.165) is 47.8 Å². The predicted octanol–water partition coefficient (Wildman–Crippen LogP) is 4.32. The first-order valence-corrected chi connectivity index (χ1v) is 10.7. The predicted molar refractivity (Wildman–Crippen MR) is 120 cm³/mol. The molecule has 2 aromatic carbocycles. The molecule has 3 aromatic rings. The van der Waals surface area contributed by atoms with Crippen molar-refractivity contribution in [3.63, 3.8) is 0 Å². The summed E-state index contributed by atoms with van der Waals surface area (Å²) >= 11 is 0. The molecule has 0 N–H and O–H groups in total. The summed E-state index contributed by atoms with van der Waals surface area (Å²) in [6.07, 6.45) is 2.12. The summed E-state index contributed by atoms with van der Waals surface area (Å²) < 4.78 is 13.1. The molecule has 0 aliphatic carbocycles. The zero-order valence-electron chi connectivity index (χ0n) is 18.4. The Morgan fingerprint density at radius 2 is 2.00 bits per heavy atom. The number of methoxy groups -OCH3 is 1. The highest BCUT2D eigenvalue weighted by molar-refractivity contribution is 5.94. The zero-order valence-corrected chi connectivity index (χ0v) is 18.4. The van der Waals surface area contributed by atoms with E-state index in [1.54, 1.807) is 7.11 Å². The number of hydrogen-bond donors (Lipinski definition) is 0. The van der Waals surface area contributed by atoms with E-state index in [1.807, 2.05) is 78.0 Å². The van der Waals surface area contributed by atoms with Gasteiger partial charge in [0.1, 0.15) is 5.75 Å². The molecule has 6 nitrogen and oxygen atoms in total. The van der Waals surface area contributed by atoms with Crippen LogP contribution in [-0.2, 0) is 11.3 Å². The van der Waals surface area contributed by atoms with Crippen LogP contribution in [0.2, 0.25) is 0 Å². The molecule has 0 saturated carbocycles. The Labute approximate surface area is 183 Å². The molecule has 162 valence electrons. The van der Waals surface area contributed by atoms with Gasteiger partial charge >= 0.3 is 0 Å². The van der Waals surface area contributed by atoms with E-state index < -0.39 is 0 Å². The van der Waals surface area contributed by atoms with Crippen LogP contribution in [-0.4, -0.2) is 47.0 Å². The lowest BCUT2D eigenvalue weighted by Crippen LogP contribution is -2.37. The van der Waals surface area contributed by atoms with Gasteiger partial charge in [0.15, 0.2) is 0 Å². The van der Waals surface area contributed by atoms with Crippen molar-refractivity contribution in [3.8, 4) is 11.4 Å². The highest BCUT2D eigenvalue weighted by atomic mass is 16.5. The second-order valence-electron chi connectivity index (χ2n) is 8.06. The number of benzene rings is 2. The maximum absolute atomic E-state index is 13.4. The van der Waals surface area contributed by atoms with Crippen molar-refractivity contribution in [1.82, 2.24) is 14.7 Å². The summed E-state index contributed by atoms with van der Waals surface area (Å²) in [7, 11) is 1.65. The van der Waals surface area contributed by atoms with Gasteiger partial charge in [-0.1, -0.05) is 12.1 Å². The van der Waals surface area contributed by atoms with Gasteiger partial charge in [0.05, 0.1) is 24.6 Å². The molecule has 0 unspecified atom stereocenters. The number of aryl methyl sites for hydroxylation is 2. The van der Waals surface area contributed by atoms with E-state index in [-0.39, 0.29) is 12.0 Å². The summed E-state index contributed by atoms with van der Waals surface area (Å²) in [4.78, 5) is 15.3. The minimum absolute atomic E-state index is 0.00163. The van der Waals surface area contributed by atoms with E-state index in [4.69, 9.17) is 9.47 Å². The van der Waals surface area contributed by atoms with Crippen LogP contribution in [0, 0.1) is 13.8 Å². The molecule has 0 bridgehead atoms. The SMILES string of the molecule is COc1cccc(CN(C[C@H]2CCCO2)C(=O)c2ccc(-n3nc(C)cc3C)cc2)c1.